The van der Waals surface area contributed by atoms with Crippen LogP contribution in [0.1, 0.15) is 38.5 Å². The van der Waals surface area contributed by atoms with Crippen LogP contribution in [0.2, 0.25) is 5.02 Å². The summed E-state index contributed by atoms with van der Waals surface area (Å²) in [7, 11) is 0. The van der Waals surface area contributed by atoms with Crippen molar-refractivity contribution in [3.05, 3.63) is 29.0 Å². The van der Waals surface area contributed by atoms with Crippen molar-refractivity contribution in [2.24, 2.45) is 0 Å². The van der Waals surface area contributed by atoms with E-state index in [1.165, 1.54) is 12.1 Å². The predicted molar refractivity (Wildman–Crippen MR) is 85.7 cm³/mol. The molecule has 1 aliphatic rings. The molecule has 0 aliphatic heterocycles. The molecule has 3 N–H and O–H groups in total. The number of halogens is 2. The Morgan fingerprint density at radius 1 is 1.17 bits per heavy atom. The third kappa shape index (κ3) is 5.18. The standard InChI is InChI=1S/C16H20ClFN2O3/c17-11-5-6-13(12(18)9-11)20-15(22)14(21)19-10-16(23)7-3-1-2-4-8-16/h5-6,9,23H,1-4,7-8,10H2,(H,19,21)(H,20,22). The molecule has 0 saturated heterocycles. The topological polar surface area (TPSA) is 78.4 Å². The number of amides is 2. The van der Waals surface area contributed by atoms with Gasteiger partial charge in [-0.3, -0.25) is 9.59 Å². The van der Waals surface area contributed by atoms with Gasteiger partial charge in [0.25, 0.3) is 0 Å². The van der Waals surface area contributed by atoms with E-state index in [1.807, 2.05) is 0 Å². The summed E-state index contributed by atoms with van der Waals surface area (Å²) in [5.74, 6) is -2.61. The normalized spacial score (nSPS) is 17.2. The minimum atomic E-state index is -0.983. The van der Waals surface area contributed by atoms with Crippen LogP contribution in [0.5, 0.6) is 0 Å². The quantitative estimate of drug-likeness (QED) is 0.583. The van der Waals surface area contributed by atoms with Crippen molar-refractivity contribution in [1.29, 1.82) is 0 Å². The second-order valence-corrected chi connectivity index (χ2v) is 6.34. The molecule has 1 fully saturated rings. The van der Waals surface area contributed by atoms with Crippen LogP contribution >= 0.6 is 11.6 Å². The average Bonchev–Trinajstić information content (AvgIpc) is 2.73. The largest absolute Gasteiger partial charge is 0.388 e. The molecule has 0 unspecified atom stereocenters. The first-order chi connectivity index (χ1) is 10.9. The summed E-state index contributed by atoms with van der Waals surface area (Å²) in [6.45, 7) is 0.0162. The van der Waals surface area contributed by atoms with Gasteiger partial charge < -0.3 is 15.7 Å². The second kappa shape index (κ2) is 7.75. The summed E-state index contributed by atoms with van der Waals surface area (Å²) in [5.41, 5.74) is -1.10. The molecule has 5 nitrogen and oxygen atoms in total. The molecule has 126 valence electrons. The highest BCUT2D eigenvalue weighted by atomic mass is 35.5. The number of hydrogen-bond acceptors (Lipinski definition) is 3. The van der Waals surface area contributed by atoms with Crippen LogP contribution in [0.15, 0.2) is 18.2 Å². The van der Waals surface area contributed by atoms with Crippen molar-refractivity contribution < 1.29 is 19.1 Å². The predicted octanol–water partition coefficient (Wildman–Crippen LogP) is 2.62. The Morgan fingerprint density at radius 3 is 2.43 bits per heavy atom. The van der Waals surface area contributed by atoms with Crippen LogP contribution in [-0.4, -0.2) is 29.1 Å². The molecule has 0 radical (unpaired) electrons. The molecule has 1 aromatic carbocycles. The second-order valence-electron chi connectivity index (χ2n) is 5.90. The van der Waals surface area contributed by atoms with E-state index < -0.39 is 23.2 Å². The Balaban J connectivity index is 1.88. The lowest BCUT2D eigenvalue weighted by molar-refractivity contribution is -0.137. The molecule has 23 heavy (non-hydrogen) atoms. The number of carbonyl (C=O) groups excluding carboxylic acids is 2. The Kier molecular flexibility index (Phi) is 5.96. The third-order valence-electron chi connectivity index (χ3n) is 4.00. The van der Waals surface area contributed by atoms with E-state index in [-0.39, 0.29) is 17.3 Å². The monoisotopic (exact) mass is 342 g/mol. The zero-order chi connectivity index (χ0) is 16.9. The lowest BCUT2D eigenvalue weighted by Gasteiger charge is -2.26. The number of benzene rings is 1. The van der Waals surface area contributed by atoms with E-state index in [4.69, 9.17) is 11.6 Å². The smallest absolute Gasteiger partial charge is 0.313 e. The molecule has 1 aromatic rings. The summed E-state index contributed by atoms with van der Waals surface area (Å²) >= 11 is 5.62. The minimum absolute atomic E-state index is 0.0162. The maximum absolute atomic E-state index is 13.6. The Labute approximate surface area is 139 Å². The van der Waals surface area contributed by atoms with Gasteiger partial charge in [-0.1, -0.05) is 37.3 Å². The highest BCUT2D eigenvalue weighted by molar-refractivity contribution is 6.39. The van der Waals surface area contributed by atoms with Crippen LogP contribution in [0.25, 0.3) is 0 Å². The van der Waals surface area contributed by atoms with Gasteiger partial charge in [-0.25, -0.2) is 4.39 Å². The number of aliphatic hydroxyl groups is 1. The maximum atomic E-state index is 13.6. The van der Waals surface area contributed by atoms with Crippen molar-refractivity contribution in [3.63, 3.8) is 0 Å². The van der Waals surface area contributed by atoms with Gasteiger partial charge in [0.05, 0.1) is 11.3 Å². The zero-order valence-corrected chi connectivity index (χ0v) is 13.5. The molecule has 0 spiro atoms. The summed E-state index contributed by atoms with van der Waals surface area (Å²) in [6, 6.07) is 3.73. The van der Waals surface area contributed by atoms with E-state index in [0.29, 0.717) is 12.8 Å². The number of anilines is 1. The molecule has 2 rings (SSSR count). The molecular formula is C16H20ClFN2O3. The highest BCUT2D eigenvalue weighted by Crippen LogP contribution is 2.26. The van der Waals surface area contributed by atoms with E-state index in [9.17, 15) is 19.1 Å². The SMILES string of the molecule is O=C(NCC1(O)CCCCCC1)C(=O)Nc1ccc(Cl)cc1F. The zero-order valence-electron chi connectivity index (χ0n) is 12.7. The van der Waals surface area contributed by atoms with Crippen molar-refractivity contribution in [2.75, 3.05) is 11.9 Å². The van der Waals surface area contributed by atoms with Crippen LogP contribution < -0.4 is 10.6 Å². The molecule has 0 atom stereocenters. The van der Waals surface area contributed by atoms with Gasteiger partial charge in [-0.2, -0.15) is 0 Å². The Bertz CT molecular complexity index is 587. The molecule has 1 aliphatic carbocycles. The molecule has 0 aromatic heterocycles. The fourth-order valence-electron chi connectivity index (χ4n) is 2.66. The summed E-state index contributed by atoms with van der Waals surface area (Å²) in [5, 5.41) is 15.2. The molecular weight excluding hydrogens is 323 g/mol. The van der Waals surface area contributed by atoms with Crippen molar-refractivity contribution in [2.45, 2.75) is 44.1 Å². The van der Waals surface area contributed by atoms with Crippen LogP contribution in [0, 0.1) is 5.82 Å². The van der Waals surface area contributed by atoms with E-state index in [1.54, 1.807) is 0 Å². The Morgan fingerprint density at radius 2 is 1.83 bits per heavy atom. The Hall–Kier alpha value is -1.66. The number of carbonyl (C=O) groups is 2. The van der Waals surface area contributed by atoms with Crippen molar-refractivity contribution >= 4 is 29.1 Å². The first kappa shape index (κ1) is 17.7. The van der Waals surface area contributed by atoms with Gasteiger partial charge in [0, 0.05) is 11.6 Å². The lowest BCUT2D eigenvalue weighted by atomic mass is 9.94. The fraction of sp³-hybridized carbons (Fsp3) is 0.500. The first-order valence-electron chi connectivity index (χ1n) is 7.66. The highest BCUT2D eigenvalue weighted by Gasteiger charge is 2.29. The van der Waals surface area contributed by atoms with Gasteiger partial charge in [-0.05, 0) is 31.0 Å². The van der Waals surface area contributed by atoms with E-state index >= 15 is 0 Å². The van der Waals surface area contributed by atoms with Gasteiger partial charge in [0.1, 0.15) is 5.82 Å². The summed E-state index contributed by atoms with van der Waals surface area (Å²) in [6.07, 6.45) is 5.11. The van der Waals surface area contributed by atoms with Gasteiger partial charge in [-0.15, -0.1) is 0 Å². The molecule has 0 heterocycles. The number of nitrogens with one attached hydrogen (secondary N) is 2. The van der Waals surface area contributed by atoms with Crippen molar-refractivity contribution in [1.82, 2.24) is 5.32 Å². The first-order valence-corrected chi connectivity index (χ1v) is 8.04. The van der Waals surface area contributed by atoms with Gasteiger partial charge in [0.2, 0.25) is 0 Å². The number of rotatable bonds is 3. The van der Waals surface area contributed by atoms with Gasteiger partial charge in [0.15, 0.2) is 0 Å². The van der Waals surface area contributed by atoms with Crippen molar-refractivity contribution in [3.8, 4) is 0 Å². The van der Waals surface area contributed by atoms with Crippen LogP contribution in [0.4, 0.5) is 10.1 Å². The molecule has 7 heteroatoms. The average molecular weight is 343 g/mol. The third-order valence-corrected chi connectivity index (χ3v) is 4.23. The molecule has 1 saturated carbocycles. The maximum Gasteiger partial charge on any atom is 0.313 e. The van der Waals surface area contributed by atoms with E-state index in [2.05, 4.69) is 10.6 Å². The van der Waals surface area contributed by atoms with Gasteiger partial charge >= 0.3 is 11.8 Å². The number of hydrogen-bond donors (Lipinski definition) is 3. The lowest BCUT2D eigenvalue weighted by Crippen LogP contribution is -2.46. The van der Waals surface area contributed by atoms with E-state index in [0.717, 1.165) is 31.7 Å². The summed E-state index contributed by atoms with van der Waals surface area (Å²) < 4.78 is 13.6. The van der Waals surface area contributed by atoms with Crippen LogP contribution in [0.3, 0.4) is 0 Å². The molecule has 2 amide bonds. The fourth-order valence-corrected chi connectivity index (χ4v) is 2.82. The minimum Gasteiger partial charge on any atom is -0.388 e. The molecule has 0 bridgehead atoms. The summed E-state index contributed by atoms with van der Waals surface area (Å²) in [4.78, 5) is 23.6. The van der Waals surface area contributed by atoms with Crippen LogP contribution in [-0.2, 0) is 9.59 Å².